The van der Waals surface area contributed by atoms with Crippen LogP contribution in [0.5, 0.6) is 0 Å². The third-order valence-electron chi connectivity index (χ3n) is 2.23. The van der Waals surface area contributed by atoms with Crippen LogP contribution < -0.4 is 0 Å². The normalized spacial score (nSPS) is 10.8. The topological polar surface area (TPSA) is 53.1 Å². The van der Waals surface area contributed by atoms with Crippen molar-refractivity contribution in [2.24, 2.45) is 0 Å². The van der Waals surface area contributed by atoms with Crippen LogP contribution in [-0.2, 0) is 11.2 Å². The highest BCUT2D eigenvalue weighted by atomic mass is 79.9. The van der Waals surface area contributed by atoms with Crippen LogP contribution in [0.4, 0.5) is 0 Å². The molecule has 0 aliphatic rings. The lowest BCUT2D eigenvalue weighted by molar-refractivity contribution is -0.136. The van der Waals surface area contributed by atoms with Crippen molar-refractivity contribution < 1.29 is 9.90 Å². The minimum Gasteiger partial charge on any atom is -0.481 e. The second-order valence-electron chi connectivity index (χ2n) is 3.56. The van der Waals surface area contributed by atoms with Gasteiger partial charge in [-0.3, -0.25) is 4.79 Å². The van der Waals surface area contributed by atoms with Crippen LogP contribution in [0.25, 0.3) is 10.9 Å². The van der Waals surface area contributed by atoms with Crippen LogP contribution >= 0.6 is 15.9 Å². The van der Waals surface area contributed by atoms with Crippen LogP contribution in [0.2, 0.25) is 0 Å². The lowest BCUT2D eigenvalue weighted by Crippen LogP contribution is -1.99. The number of halogens is 1. The van der Waals surface area contributed by atoms with Crippen LogP contribution in [-0.4, -0.2) is 16.1 Å². The van der Waals surface area contributed by atoms with Gasteiger partial charge in [-0.2, -0.15) is 0 Å². The Balaban J connectivity index is 2.56. The third kappa shape index (κ3) is 2.04. The Hall–Kier alpha value is -1.29. The van der Waals surface area contributed by atoms with E-state index in [2.05, 4.69) is 20.9 Å². The number of H-pyrrole nitrogens is 1. The Kier molecular flexibility index (Phi) is 2.52. The van der Waals surface area contributed by atoms with Crippen molar-refractivity contribution in [1.29, 1.82) is 0 Å². The van der Waals surface area contributed by atoms with E-state index in [1.54, 1.807) is 0 Å². The number of hydrogen-bond acceptors (Lipinski definition) is 1. The predicted molar refractivity (Wildman–Crippen MR) is 62.1 cm³/mol. The third-order valence-corrected chi connectivity index (χ3v) is 2.86. The van der Waals surface area contributed by atoms with E-state index >= 15 is 0 Å². The van der Waals surface area contributed by atoms with Gasteiger partial charge in [-0.05, 0) is 46.6 Å². The van der Waals surface area contributed by atoms with Crippen molar-refractivity contribution in [3.8, 4) is 0 Å². The molecule has 0 aliphatic carbocycles. The first-order valence-corrected chi connectivity index (χ1v) is 5.35. The Labute approximate surface area is 95.2 Å². The largest absolute Gasteiger partial charge is 0.481 e. The number of aromatic amines is 1. The molecule has 2 aromatic rings. The number of rotatable bonds is 2. The van der Waals surface area contributed by atoms with E-state index in [1.807, 2.05) is 25.1 Å². The fraction of sp³-hybridized carbons (Fsp3) is 0.182. The first kappa shape index (κ1) is 10.2. The molecule has 0 amide bonds. The molecule has 0 spiro atoms. The molecule has 0 unspecified atom stereocenters. The van der Waals surface area contributed by atoms with Gasteiger partial charge in [-0.25, -0.2) is 0 Å². The Morgan fingerprint density at radius 1 is 1.47 bits per heavy atom. The SMILES string of the molecule is Cc1cc2cc(CC(=O)O)cc(Br)c2[nH]1. The summed E-state index contributed by atoms with van der Waals surface area (Å²) in [5.41, 5.74) is 2.89. The lowest BCUT2D eigenvalue weighted by Gasteiger charge is -2.00. The molecule has 2 rings (SSSR count). The number of aliphatic carboxylic acids is 1. The summed E-state index contributed by atoms with van der Waals surface area (Å²) in [7, 11) is 0. The summed E-state index contributed by atoms with van der Waals surface area (Å²) in [5.74, 6) is -0.812. The predicted octanol–water partition coefficient (Wildman–Crippen LogP) is 2.87. The van der Waals surface area contributed by atoms with Crippen LogP contribution in [0.15, 0.2) is 22.7 Å². The molecule has 4 heteroatoms. The highest BCUT2D eigenvalue weighted by molar-refractivity contribution is 9.10. The standard InChI is InChI=1S/C11H10BrNO2/c1-6-2-8-3-7(5-10(14)15)4-9(12)11(8)13-6/h2-4,13H,5H2,1H3,(H,14,15). The van der Waals surface area contributed by atoms with Crippen LogP contribution in [0.1, 0.15) is 11.3 Å². The van der Waals surface area contributed by atoms with Crippen LogP contribution in [0, 0.1) is 6.92 Å². The fourth-order valence-corrected chi connectivity index (χ4v) is 2.30. The quantitative estimate of drug-likeness (QED) is 0.879. The van der Waals surface area contributed by atoms with Gasteiger partial charge in [-0.1, -0.05) is 0 Å². The van der Waals surface area contributed by atoms with Gasteiger partial charge >= 0.3 is 5.97 Å². The molecule has 1 heterocycles. The average Bonchev–Trinajstić information content (AvgIpc) is 2.44. The van der Waals surface area contributed by atoms with Gasteiger partial charge in [-0.15, -0.1) is 0 Å². The number of carbonyl (C=O) groups is 1. The number of aryl methyl sites for hydroxylation is 1. The van der Waals surface area contributed by atoms with Crippen molar-refractivity contribution in [3.05, 3.63) is 33.9 Å². The number of hydrogen-bond donors (Lipinski definition) is 2. The number of fused-ring (bicyclic) bond motifs is 1. The van der Waals surface area contributed by atoms with Crippen LogP contribution in [0.3, 0.4) is 0 Å². The maximum absolute atomic E-state index is 10.6. The maximum atomic E-state index is 10.6. The average molecular weight is 268 g/mol. The summed E-state index contributed by atoms with van der Waals surface area (Å²) in [6.45, 7) is 1.98. The number of carboxylic acid groups (broad SMARTS) is 1. The second-order valence-corrected chi connectivity index (χ2v) is 4.42. The summed E-state index contributed by atoms with van der Waals surface area (Å²) >= 11 is 3.43. The van der Waals surface area contributed by atoms with Gasteiger partial charge in [0.05, 0.1) is 11.9 Å². The molecule has 0 bridgehead atoms. The highest BCUT2D eigenvalue weighted by Crippen LogP contribution is 2.26. The molecule has 3 nitrogen and oxygen atoms in total. The number of benzene rings is 1. The number of aromatic nitrogens is 1. The molecule has 0 saturated heterocycles. The monoisotopic (exact) mass is 267 g/mol. The summed E-state index contributed by atoms with van der Waals surface area (Å²) in [6, 6.07) is 5.75. The summed E-state index contributed by atoms with van der Waals surface area (Å²) in [5, 5.41) is 9.75. The number of carboxylic acids is 1. The zero-order chi connectivity index (χ0) is 11.0. The van der Waals surface area contributed by atoms with Gasteiger partial charge in [0.15, 0.2) is 0 Å². The zero-order valence-corrected chi connectivity index (χ0v) is 9.76. The Bertz CT molecular complexity index is 531. The van der Waals surface area contributed by atoms with Gasteiger partial charge in [0.2, 0.25) is 0 Å². The minimum atomic E-state index is -0.812. The van der Waals surface area contributed by atoms with Crippen molar-refractivity contribution in [2.75, 3.05) is 0 Å². The summed E-state index contributed by atoms with van der Waals surface area (Å²) in [4.78, 5) is 13.8. The molecule has 0 saturated carbocycles. The Morgan fingerprint density at radius 2 is 2.20 bits per heavy atom. The molecule has 15 heavy (non-hydrogen) atoms. The molecule has 0 fully saturated rings. The molecule has 1 aromatic carbocycles. The molecule has 78 valence electrons. The van der Waals surface area contributed by atoms with E-state index < -0.39 is 5.97 Å². The van der Waals surface area contributed by atoms with E-state index in [9.17, 15) is 4.79 Å². The molecular weight excluding hydrogens is 258 g/mol. The summed E-state index contributed by atoms with van der Waals surface area (Å²) < 4.78 is 0.907. The van der Waals surface area contributed by atoms with Crippen molar-refractivity contribution >= 4 is 32.8 Å². The maximum Gasteiger partial charge on any atom is 0.307 e. The van der Waals surface area contributed by atoms with Crippen molar-refractivity contribution in [1.82, 2.24) is 4.98 Å². The van der Waals surface area contributed by atoms with E-state index in [-0.39, 0.29) is 6.42 Å². The van der Waals surface area contributed by atoms with Crippen molar-refractivity contribution in [3.63, 3.8) is 0 Å². The van der Waals surface area contributed by atoms with Gasteiger partial charge in [0, 0.05) is 15.6 Å². The summed E-state index contributed by atoms with van der Waals surface area (Å²) in [6.07, 6.45) is 0.0543. The molecule has 0 atom stereocenters. The first-order chi connectivity index (χ1) is 7.06. The van der Waals surface area contributed by atoms with Gasteiger partial charge in [0.1, 0.15) is 0 Å². The smallest absolute Gasteiger partial charge is 0.307 e. The van der Waals surface area contributed by atoms with E-state index in [0.29, 0.717) is 0 Å². The minimum absolute atomic E-state index is 0.0543. The van der Waals surface area contributed by atoms with E-state index in [1.165, 1.54) is 0 Å². The first-order valence-electron chi connectivity index (χ1n) is 4.56. The van der Waals surface area contributed by atoms with Gasteiger partial charge in [0.25, 0.3) is 0 Å². The molecule has 2 N–H and O–H groups in total. The fourth-order valence-electron chi connectivity index (χ4n) is 1.68. The molecular formula is C11H10BrNO2. The second kappa shape index (κ2) is 3.70. The van der Waals surface area contributed by atoms with Crippen molar-refractivity contribution in [2.45, 2.75) is 13.3 Å². The molecule has 0 aliphatic heterocycles. The lowest BCUT2D eigenvalue weighted by atomic mass is 10.1. The van der Waals surface area contributed by atoms with E-state index in [4.69, 9.17) is 5.11 Å². The van der Waals surface area contributed by atoms with E-state index in [0.717, 1.165) is 26.6 Å². The highest BCUT2D eigenvalue weighted by Gasteiger charge is 2.07. The number of nitrogens with one attached hydrogen (secondary N) is 1. The van der Waals surface area contributed by atoms with Gasteiger partial charge < -0.3 is 10.1 Å². The molecule has 0 radical (unpaired) electrons. The zero-order valence-electron chi connectivity index (χ0n) is 8.17. The Morgan fingerprint density at radius 3 is 2.87 bits per heavy atom. The molecule has 1 aromatic heterocycles.